The third-order valence-electron chi connectivity index (χ3n) is 5.67. The average Bonchev–Trinajstić information content (AvgIpc) is 2.88. The molecule has 5 rings (SSSR count). The average molecular weight is 461 g/mol. The molecule has 0 unspecified atom stereocenters. The zero-order chi connectivity index (χ0) is 23.5. The molecule has 5 aromatic carbocycles. The third-order valence-corrected chi connectivity index (χ3v) is 5.96. The molecule has 4 nitrogen and oxygen atoms in total. The van der Waals surface area contributed by atoms with Crippen molar-refractivity contribution in [3.05, 3.63) is 126 Å². The molecule has 5 heteroatoms. The van der Waals surface area contributed by atoms with Crippen LogP contribution in [0, 0.1) is 0 Å². The quantitative estimate of drug-likeness (QED) is 0.241. The highest BCUT2D eigenvalue weighted by Crippen LogP contribution is 2.24. The molecule has 0 saturated heterocycles. The molecule has 164 valence electrons. The Balaban J connectivity index is 1.63. The molecule has 0 saturated carbocycles. The molecule has 0 heterocycles. The molecule has 0 bridgehead atoms. The first-order valence-corrected chi connectivity index (χ1v) is 11.2. The smallest absolute Gasteiger partial charge is 0.267 e. The van der Waals surface area contributed by atoms with E-state index in [1.54, 1.807) is 12.1 Å². The van der Waals surface area contributed by atoms with Crippen molar-refractivity contribution in [3.8, 4) is 0 Å². The van der Waals surface area contributed by atoms with E-state index in [0.717, 1.165) is 26.4 Å². The molecule has 0 fully saturated rings. The van der Waals surface area contributed by atoms with Crippen molar-refractivity contribution in [2.24, 2.45) is 0 Å². The Morgan fingerprint density at radius 1 is 0.559 bits per heavy atom. The van der Waals surface area contributed by atoms with Crippen LogP contribution in [0.25, 0.3) is 21.5 Å². The lowest BCUT2D eigenvalue weighted by Gasteiger charge is -2.24. The predicted molar refractivity (Wildman–Crippen MR) is 141 cm³/mol. The number of thiocarbonyl (C=S) groups is 1. The van der Waals surface area contributed by atoms with E-state index in [0.29, 0.717) is 16.8 Å². The van der Waals surface area contributed by atoms with Crippen molar-refractivity contribution in [1.29, 1.82) is 0 Å². The first-order chi connectivity index (χ1) is 16.6. The Bertz CT molecular complexity index is 1440. The largest absolute Gasteiger partial charge is 0.332 e. The molecule has 0 spiro atoms. The zero-order valence-corrected chi connectivity index (χ0v) is 19.0. The van der Waals surface area contributed by atoms with Crippen molar-refractivity contribution < 1.29 is 9.59 Å². The Kier molecular flexibility index (Phi) is 5.85. The van der Waals surface area contributed by atoms with E-state index in [9.17, 15) is 9.59 Å². The van der Waals surface area contributed by atoms with Gasteiger partial charge >= 0.3 is 0 Å². The monoisotopic (exact) mass is 460 g/mol. The van der Waals surface area contributed by atoms with Crippen LogP contribution in [0.3, 0.4) is 0 Å². The predicted octanol–water partition coefficient (Wildman–Crippen LogP) is 6.67. The molecule has 0 atom stereocenters. The number of fused-ring (bicyclic) bond motifs is 2. The molecule has 0 radical (unpaired) electrons. The van der Waals surface area contributed by atoms with E-state index in [-0.39, 0.29) is 5.11 Å². The highest BCUT2D eigenvalue weighted by atomic mass is 32.1. The number of imide groups is 1. The number of nitrogens with zero attached hydrogens (tertiary/aromatic N) is 1. The minimum atomic E-state index is -0.483. The summed E-state index contributed by atoms with van der Waals surface area (Å²) in [4.78, 5) is 28.9. The first-order valence-electron chi connectivity index (χ1n) is 10.8. The van der Waals surface area contributed by atoms with Crippen molar-refractivity contribution >= 4 is 56.4 Å². The van der Waals surface area contributed by atoms with E-state index < -0.39 is 11.8 Å². The standard InChI is InChI=1S/C29H20N2O2S/c32-27(25-18-8-12-20-10-4-6-16-23(20)25)31(29(34)30-22-14-2-1-3-15-22)28(33)26-19-9-13-21-11-5-7-17-24(21)26/h1-19H,(H,30,34). The van der Waals surface area contributed by atoms with Gasteiger partial charge in [-0.1, -0.05) is 91.0 Å². The zero-order valence-electron chi connectivity index (χ0n) is 18.1. The van der Waals surface area contributed by atoms with Crippen LogP contribution in [0.4, 0.5) is 5.69 Å². The van der Waals surface area contributed by atoms with Crippen molar-refractivity contribution in [2.45, 2.75) is 0 Å². The van der Waals surface area contributed by atoms with Gasteiger partial charge in [-0.2, -0.15) is 0 Å². The number of rotatable bonds is 3. The van der Waals surface area contributed by atoms with E-state index in [4.69, 9.17) is 12.2 Å². The van der Waals surface area contributed by atoms with Crippen LogP contribution in [0.1, 0.15) is 20.7 Å². The number of nitrogens with one attached hydrogen (secondary N) is 1. The lowest BCUT2D eigenvalue weighted by Crippen LogP contribution is -2.44. The first kappa shape index (κ1) is 21.5. The number of hydrogen-bond acceptors (Lipinski definition) is 3. The molecule has 1 N–H and O–H groups in total. The molecule has 0 aromatic heterocycles. The van der Waals surface area contributed by atoms with E-state index >= 15 is 0 Å². The van der Waals surface area contributed by atoms with E-state index in [1.165, 1.54) is 0 Å². The van der Waals surface area contributed by atoms with Crippen LogP contribution in [0.2, 0.25) is 0 Å². The maximum absolute atomic E-state index is 13.9. The second-order valence-electron chi connectivity index (χ2n) is 7.80. The van der Waals surface area contributed by atoms with Gasteiger partial charge in [0, 0.05) is 16.8 Å². The van der Waals surface area contributed by atoms with Crippen LogP contribution in [0.15, 0.2) is 115 Å². The summed E-state index contributed by atoms with van der Waals surface area (Å²) < 4.78 is 0. The fourth-order valence-electron chi connectivity index (χ4n) is 4.04. The van der Waals surface area contributed by atoms with Gasteiger partial charge in [0.1, 0.15) is 0 Å². The Morgan fingerprint density at radius 3 is 1.53 bits per heavy atom. The number of hydrogen-bond donors (Lipinski definition) is 1. The van der Waals surface area contributed by atoms with Gasteiger partial charge < -0.3 is 5.32 Å². The molecule has 34 heavy (non-hydrogen) atoms. The highest BCUT2D eigenvalue weighted by Gasteiger charge is 2.30. The third kappa shape index (κ3) is 4.05. The van der Waals surface area contributed by atoms with Crippen molar-refractivity contribution in [1.82, 2.24) is 4.90 Å². The summed E-state index contributed by atoms with van der Waals surface area (Å²) in [6.45, 7) is 0. The number of carbonyl (C=O) groups excluding carboxylic acids is 2. The van der Waals surface area contributed by atoms with Gasteiger partial charge in [0.25, 0.3) is 11.8 Å². The molecular weight excluding hydrogens is 440 g/mol. The van der Waals surface area contributed by atoms with Gasteiger partial charge in [-0.15, -0.1) is 0 Å². The van der Waals surface area contributed by atoms with Crippen LogP contribution in [0.5, 0.6) is 0 Å². The van der Waals surface area contributed by atoms with E-state index in [1.807, 2.05) is 103 Å². The van der Waals surface area contributed by atoms with Crippen LogP contribution in [-0.2, 0) is 0 Å². The van der Waals surface area contributed by atoms with Gasteiger partial charge in [-0.05, 0) is 58.0 Å². The summed E-state index contributed by atoms with van der Waals surface area (Å²) in [5.74, 6) is -0.966. The second-order valence-corrected chi connectivity index (χ2v) is 8.18. The minimum Gasteiger partial charge on any atom is -0.332 e. The van der Waals surface area contributed by atoms with Crippen LogP contribution in [-0.4, -0.2) is 21.8 Å². The SMILES string of the molecule is O=C(c1cccc2ccccc12)N(C(=O)c1cccc2ccccc12)C(=S)Nc1ccccc1. The number of para-hydroxylation sites is 1. The molecule has 2 amide bonds. The summed E-state index contributed by atoms with van der Waals surface area (Å²) in [6.07, 6.45) is 0. The fraction of sp³-hybridized carbons (Fsp3) is 0. The summed E-state index contributed by atoms with van der Waals surface area (Å²) >= 11 is 5.63. The Morgan fingerprint density at radius 2 is 1.00 bits per heavy atom. The van der Waals surface area contributed by atoms with Gasteiger partial charge in [-0.3, -0.25) is 9.59 Å². The van der Waals surface area contributed by atoms with Gasteiger partial charge in [0.2, 0.25) is 0 Å². The van der Waals surface area contributed by atoms with Crippen molar-refractivity contribution in [2.75, 3.05) is 5.32 Å². The van der Waals surface area contributed by atoms with Gasteiger partial charge in [0.15, 0.2) is 5.11 Å². The number of anilines is 1. The number of benzene rings is 5. The maximum Gasteiger partial charge on any atom is 0.267 e. The lowest BCUT2D eigenvalue weighted by molar-refractivity contribution is 0.0718. The number of amides is 2. The van der Waals surface area contributed by atoms with Crippen molar-refractivity contribution in [3.63, 3.8) is 0 Å². The van der Waals surface area contributed by atoms with Crippen LogP contribution < -0.4 is 5.32 Å². The van der Waals surface area contributed by atoms with E-state index in [2.05, 4.69) is 5.32 Å². The summed E-state index contributed by atoms with van der Waals surface area (Å²) in [5.41, 5.74) is 1.50. The number of carbonyl (C=O) groups is 2. The normalized spacial score (nSPS) is 10.7. The molecule has 5 aromatic rings. The lowest BCUT2D eigenvalue weighted by atomic mass is 10.0. The maximum atomic E-state index is 13.9. The summed E-state index contributed by atoms with van der Waals surface area (Å²) in [5, 5.41) is 6.41. The second kappa shape index (κ2) is 9.25. The Hall–Kier alpha value is -4.35. The summed E-state index contributed by atoms with van der Waals surface area (Å²) in [6, 6.07) is 35.4. The summed E-state index contributed by atoms with van der Waals surface area (Å²) in [7, 11) is 0. The van der Waals surface area contributed by atoms with Gasteiger partial charge in [0.05, 0.1) is 0 Å². The fourth-order valence-corrected chi connectivity index (χ4v) is 4.33. The van der Waals surface area contributed by atoms with Crippen LogP contribution >= 0.6 is 12.2 Å². The molecule has 0 aliphatic carbocycles. The topological polar surface area (TPSA) is 49.4 Å². The minimum absolute atomic E-state index is 0.0158. The molecule has 0 aliphatic rings. The highest BCUT2D eigenvalue weighted by molar-refractivity contribution is 7.80. The molecule has 0 aliphatic heterocycles. The Labute approximate surface area is 202 Å². The van der Waals surface area contributed by atoms with Gasteiger partial charge in [-0.25, -0.2) is 4.90 Å². The molecular formula is C29H20N2O2S.